The van der Waals surface area contributed by atoms with Gasteiger partial charge in [0, 0.05) is 54.7 Å². The molecule has 3 aromatic heterocycles. The van der Waals surface area contributed by atoms with E-state index in [4.69, 9.17) is 28.2 Å². The number of fused-ring (bicyclic) bond motifs is 1. The molecule has 4 aromatic rings. The van der Waals surface area contributed by atoms with E-state index in [2.05, 4.69) is 43.4 Å². The normalized spacial score (nSPS) is 14.1. The van der Waals surface area contributed by atoms with Crippen LogP contribution in [0.5, 0.6) is 0 Å². The Hall–Kier alpha value is -2.91. The highest BCUT2D eigenvalue weighted by Gasteiger charge is 2.22. The number of tetrazole rings is 1. The van der Waals surface area contributed by atoms with Crippen LogP contribution >= 0.6 is 23.2 Å². The zero-order valence-electron chi connectivity index (χ0n) is 21.8. The van der Waals surface area contributed by atoms with Crippen LogP contribution in [0.3, 0.4) is 0 Å². The third kappa shape index (κ3) is 5.83. The molecule has 1 saturated carbocycles. The average molecular weight is 543 g/mol. The zero-order chi connectivity index (χ0) is 26.1. The average Bonchev–Trinajstić information content (AvgIpc) is 3.58. The van der Waals surface area contributed by atoms with Crippen LogP contribution in [0.1, 0.15) is 48.9 Å². The van der Waals surface area contributed by atoms with Gasteiger partial charge >= 0.3 is 0 Å². The van der Waals surface area contributed by atoms with Gasteiger partial charge in [-0.1, -0.05) is 54.0 Å². The number of rotatable bonds is 9. The van der Waals surface area contributed by atoms with E-state index in [1.807, 2.05) is 30.8 Å². The van der Waals surface area contributed by atoms with Gasteiger partial charge in [-0.2, -0.15) is 9.90 Å². The number of benzene rings is 1. The third-order valence-corrected chi connectivity index (χ3v) is 7.64. The van der Waals surface area contributed by atoms with Gasteiger partial charge in [0.15, 0.2) is 5.65 Å². The summed E-state index contributed by atoms with van der Waals surface area (Å²) in [6.07, 6.45) is 6.55. The van der Waals surface area contributed by atoms with Gasteiger partial charge in [0.2, 0.25) is 0 Å². The van der Waals surface area contributed by atoms with Gasteiger partial charge < -0.3 is 9.80 Å². The van der Waals surface area contributed by atoms with E-state index in [9.17, 15) is 0 Å². The summed E-state index contributed by atoms with van der Waals surface area (Å²) in [5, 5.41) is 19.7. The molecule has 37 heavy (non-hydrogen) atoms. The highest BCUT2D eigenvalue weighted by Crippen LogP contribution is 2.31. The molecule has 5 rings (SSSR count). The Morgan fingerprint density at radius 2 is 1.73 bits per heavy atom. The first-order valence-corrected chi connectivity index (χ1v) is 13.5. The predicted molar refractivity (Wildman–Crippen MR) is 148 cm³/mol. The van der Waals surface area contributed by atoms with E-state index in [1.165, 1.54) is 36.9 Å². The maximum absolute atomic E-state index is 6.31. The minimum atomic E-state index is 0.515. The largest absolute Gasteiger partial charge is 0.359 e. The second-order valence-corrected chi connectivity index (χ2v) is 11.0. The minimum Gasteiger partial charge on any atom is -0.359 e. The fraction of sp³-hybridized carbons (Fsp3) is 0.500. The minimum absolute atomic E-state index is 0.515. The van der Waals surface area contributed by atoms with Gasteiger partial charge in [0.25, 0.3) is 5.95 Å². The summed E-state index contributed by atoms with van der Waals surface area (Å²) >= 11 is 12.6. The Kier molecular flexibility index (Phi) is 7.53. The van der Waals surface area contributed by atoms with Crippen molar-refractivity contribution in [1.82, 2.24) is 35.0 Å². The molecule has 0 amide bonds. The van der Waals surface area contributed by atoms with Crippen molar-refractivity contribution < 1.29 is 0 Å². The summed E-state index contributed by atoms with van der Waals surface area (Å²) in [6.45, 7) is 4.03. The van der Waals surface area contributed by atoms with Crippen LogP contribution < -0.4 is 9.80 Å². The molecule has 0 radical (unpaired) electrons. The summed E-state index contributed by atoms with van der Waals surface area (Å²) < 4.78 is 1.86. The van der Waals surface area contributed by atoms with Crippen molar-refractivity contribution in [3.63, 3.8) is 0 Å². The monoisotopic (exact) mass is 541 g/mol. The van der Waals surface area contributed by atoms with Crippen LogP contribution in [0, 0.1) is 12.8 Å². The van der Waals surface area contributed by atoms with Crippen molar-refractivity contribution in [1.29, 1.82) is 0 Å². The van der Waals surface area contributed by atoms with Gasteiger partial charge in [-0.25, -0.2) is 4.98 Å². The van der Waals surface area contributed by atoms with Crippen LogP contribution in [-0.4, -0.2) is 48.6 Å². The van der Waals surface area contributed by atoms with E-state index < -0.39 is 0 Å². The van der Waals surface area contributed by atoms with Gasteiger partial charge in [0.1, 0.15) is 5.82 Å². The van der Waals surface area contributed by atoms with E-state index in [-0.39, 0.29) is 0 Å². The van der Waals surface area contributed by atoms with Gasteiger partial charge in [0.05, 0.1) is 12.7 Å². The fourth-order valence-electron chi connectivity index (χ4n) is 5.33. The lowest BCUT2D eigenvalue weighted by Crippen LogP contribution is -2.27. The van der Waals surface area contributed by atoms with Crippen LogP contribution in [0.15, 0.2) is 24.3 Å². The Bertz CT molecular complexity index is 1370. The van der Waals surface area contributed by atoms with Crippen molar-refractivity contribution in [2.24, 2.45) is 20.0 Å². The van der Waals surface area contributed by atoms with E-state index >= 15 is 0 Å². The Labute approximate surface area is 227 Å². The molecule has 0 atom stereocenters. The molecule has 9 nitrogen and oxygen atoms in total. The van der Waals surface area contributed by atoms with Crippen LogP contribution in [0.2, 0.25) is 10.0 Å². The second-order valence-electron chi connectivity index (χ2n) is 10.1. The number of aryl methyl sites for hydroxylation is 3. The number of halogens is 2. The van der Waals surface area contributed by atoms with E-state index in [1.54, 1.807) is 13.1 Å². The molecular weight excluding hydrogens is 509 g/mol. The SMILES string of the molecule is Cc1nn(C)c2nc(N(C)CCC3CCCC3)c(CN(Cc3cc(Cl)cc(Cl)c3)c3nnn(C)n3)cc12. The van der Waals surface area contributed by atoms with Crippen molar-refractivity contribution in [2.45, 2.75) is 52.1 Å². The lowest BCUT2D eigenvalue weighted by atomic mass is 10.0. The van der Waals surface area contributed by atoms with Crippen molar-refractivity contribution in [3.05, 3.63) is 51.1 Å². The molecule has 0 saturated heterocycles. The molecule has 1 fully saturated rings. The maximum Gasteiger partial charge on any atom is 0.266 e. The molecule has 1 aromatic carbocycles. The van der Waals surface area contributed by atoms with Crippen LogP contribution in [0.4, 0.5) is 11.8 Å². The topological polar surface area (TPSA) is 80.8 Å². The van der Waals surface area contributed by atoms with E-state index in [0.29, 0.717) is 29.1 Å². The summed E-state index contributed by atoms with van der Waals surface area (Å²) in [5.74, 6) is 2.29. The highest BCUT2D eigenvalue weighted by molar-refractivity contribution is 6.34. The molecular formula is C26H33Cl2N9. The molecule has 0 aliphatic heterocycles. The first-order chi connectivity index (χ1) is 17.8. The second kappa shape index (κ2) is 10.8. The first-order valence-electron chi connectivity index (χ1n) is 12.7. The smallest absolute Gasteiger partial charge is 0.266 e. The highest BCUT2D eigenvalue weighted by atomic mass is 35.5. The van der Waals surface area contributed by atoms with Crippen LogP contribution in [0.25, 0.3) is 11.0 Å². The van der Waals surface area contributed by atoms with Crippen LogP contribution in [-0.2, 0) is 27.2 Å². The number of pyridine rings is 1. The maximum atomic E-state index is 6.31. The first kappa shape index (κ1) is 25.7. The molecule has 11 heteroatoms. The zero-order valence-corrected chi connectivity index (χ0v) is 23.3. The molecule has 0 bridgehead atoms. The van der Waals surface area contributed by atoms with Gasteiger partial charge in [-0.15, -0.1) is 5.10 Å². The lowest BCUT2D eigenvalue weighted by molar-refractivity contribution is 0.504. The Morgan fingerprint density at radius 3 is 2.41 bits per heavy atom. The molecule has 0 N–H and O–H groups in total. The third-order valence-electron chi connectivity index (χ3n) is 7.20. The Morgan fingerprint density at radius 1 is 1.00 bits per heavy atom. The molecule has 0 unspecified atom stereocenters. The van der Waals surface area contributed by atoms with Crippen molar-refractivity contribution in [3.8, 4) is 0 Å². The summed E-state index contributed by atoms with van der Waals surface area (Å²) in [4.78, 5) is 11.0. The van der Waals surface area contributed by atoms with Gasteiger partial charge in [-0.05, 0) is 54.3 Å². The standard InChI is InChI=1S/C26H33Cl2N9/c1-17-23-13-20(24(29-25(23)35(3)31-17)34(2)10-9-18-7-5-6-8-18)16-37(26-30-33-36(4)32-26)15-19-11-21(27)14-22(28)12-19/h11-14,18H,5-10,15-16H2,1-4H3. The molecule has 0 spiro atoms. The van der Waals surface area contributed by atoms with E-state index in [0.717, 1.165) is 46.1 Å². The fourth-order valence-corrected chi connectivity index (χ4v) is 5.90. The number of hydrogen-bond donors (Lipinski definition) is 0. The predicted octanol–water partition coefficient (Wildman–Crippen LogP) is 5.33. The number of hydrogen-bond acceptors (Lipinski definition) is 7. The summed E-state index contributed by atoms with van der Waals surface area (Å²) in [7, 11) is 5.85. The molecule has 1 aliphatic rings. The molecule has 3 heterocycles. The molecule has 196 valence electrons. The quantitative estimate of drug-likeness (QED) is 0.283. The number of nitrogens with zero attached hydrogens (tertiary/aromatic N) is 9. The Balaban J connectivity index is 1.51. The summed E-state index contributed by atoms with van der Waals surface area (Å²) in [5.41, 5.74) is 3.89. The lowest BCUT2D eigenvalue weighted by Gasteiger charge is -2.26. The van der Waals surface area contributed by atoms with Crippen molar-refractivity contribution >= 4 is 46.0 Å². The van der Waals surface area contributed by atoms with Crippen molar-refractivity contribution in [2.75, 3.05) is 23.4 Å². The number of aromatic nitrogens is 7. The van der Waals surface area contributed by atoms with Gasteiger partial charge in [-0.3, -0.25) is 4.68 Å². The number of anilines is 2. The molecule has 1 aliphatic carbocycles. The summed E-state index contributed by atoms with van der Waals surface area (Å²) in [6, 6.07) is 7.77.